The van der Waals surface area contributed by atoms with Crippen molar-refractivity contribution in [2.45, 2.75) is 25.1 Å². The molecule has 3 nitrogen and oxygen atoms in total. The molecule has 2 aromatic heterocycles. The molecule has 0 amide bonds. The Morgan fingerprint density at radius 3 is 3.27 bits per heavy atom. The number of aryl methyl sites for hydroxylation is 1. The van der Waals surface area contributed by atoms with Crippen molar-refractivity contribution in [2.75, 3.05) is 5.75 Å². The summed E-state index contributed by atoms with van der Waals surface area (Å²) in [4.78, 5) is 8.98. The average Bonchev–Trinajstić information content (AvgIpc) is 2.82. The summed E-state index contributed by atoms with van der Waals surface area (Å²) in [5, 5.41) is 0.546. The summed E-state index contributed by atoms with van der Waals surface area (Å²) in [7, 11) is 0. The summed E-state index contributed by atoms with van der Waals surface area (Å²) in [5.74, 6) is 2.35. The lowest BCUT2D eigenvalue weighted by Gasteiger charge is -2.12. The molecule has 3 rings (SSSR count). The molecule has 1 fully saturated rings. The Kier molecular flexibility index (Phi) is 2.16. The number of nitrogens with zero attached hydrogens (tertiary/aromatic N) is 3. The molecule has 2 aromatic rings. The molecule has 0 bridgehead atoms. The summed E-state index contributed by atoms with van der Waals surface area (Å²) >= 11 is 2.01. The van der Waals surface area contributed by atoms with Crippen molar-refractivity contribution in [3.05, 3.63) is 24.2 Å². The standard InChI is InChI=1S/C11H13N3S/c1-8-13-9-4-2-6-12-11(9)14(8)10-5-3-7-15-10/h2,4,6,10H,3,5,7H2,1H3. The first-order valence-electron chi connectivity index (χ1n) is 5.27. The molecule has 0 aliphatic carbocycles. The third-order valence-corrected chi connectivity index (χ3v) is 4.17. The van der Waals surface area contributed by atoms with Gasteiger partial charge in [-0.15, -0.1) is 11.8 Å². The molecule has 1 aliphatic rings. The minimum absolute atomic E-state index is 0.546. The van der Waals surface area contributed by atoms with Crippen molar-refractivity contribution >= 4 is 22.9 Å². The van der Waals surface area contributed by atoms with Crippen LogP contribution in [0.15, 0.2) is 18.3 Å². The number of imidazole rings is 1. The highest BCUT2D eigenvalue weighted by molar-refractivity contribution is 7.99. The lowest BCUT2D eigenvalue weighted by molar-refractivity contribution is 0.638. The van der Waals surface area contributed by atoms with E-state index in [0.29, 0.717) is 5.37 Å². The maximum absolute atomic E-state index is 4.54. The number of hydrogen-bond acceptors (Lipinski definition) is 3. The van der Waals surface area contributed by atoms with Crippen molar-refractivity contribution in [3.63, 3.8) is 0 Å². The third kappa shape index (κ3) is 1.44. The smallest absolute Gasteiger partial charge is 0.160 e. The molecule has 1 unspecified atom stereocenters. The highest BCUT2D eigenvalue weighted by Crippen LogP contribution is 2.37. The van der Waals surface area contributed by atoms with Crippen LogP contribution in [0, 0.1) is 6.92 Å². The van der Waals surface area contributed by atoms with Gasteiger partial charge in [0.25, 0.3) is 0 Å². The van der Waals surface area contributed by atoms with Crippen LogP contribution >= 0.6 is 11.8 Å². The largest absolute Gasteiger partial charge is 0.300 e. The van der Waals surface area contributed by atoms with E-state index in [-0.39, 0.29) is 0 Å². The van der Waals surface area contributed by atoms with E-state index in [1.54, 1.807) is 0 Å². The van der Waals surface area contributed by atoms with Gasteiger partial charge in [0.05, 0.1) is 5.37 Å². The Hall–Kier alpha value is -1.03. The first-order chi connectivity index (χ1) is 7.36. The fraction of sp³-hybridized carbons (Fsp3) is 0.455. The van der Waals surface area contributed by atoms with Crippen molar-refractivity contribution in [1.82, 2.24) is 14.5 Å². The first-order valence-corrected chi connectivity index (χ1v) is 6.32. The van der Waals surface area contributed by atoms with Gasteiger partial charge in [0.15, 0.2) is 5.65 Å². The predicted molar refractivity (Wildman–Crippen MR) is 63.0 cm³/mol. The highest BCUT2D eigenvalue weighted by atomic mass is 32.2. The van der Waals surface area contributed by atoms with E-state index < -0.39 is 0 Å². The molecule has 15 heavy (non-hydrogen) atoms. The normalized spacial score (nSPS) is 21.3. The van der Waals surface area contributed by atoms with Gasteiger partial charge < -0.3 is 4.57 Å². The number of thioether (sulfide) groups is 1. The van der Waals surface area contributed by atoms with E-state index in [4.69, 9.17) is 0 Å². The maximum atomic E-state index is 4.54. The molecule has 1 saturated heterocycles. The Balaban J connectivity index is 2.19. The molecule has 1 atom stereocenters. The Bertz CT molecular complexity index is 486. The van der Waals surface area contributed by atoms with Crippen molar-refractivity contribution < 1.29 is 0 Å². The Labute approximate surface area is 92.9 Å². The Morgan fingerprint density at radius 1 is 1.53 bits per heavy atom. The van der Waals surface area contributed by atoms with Gasteiger partial charge in [0, 0.05) is 6.20 Å². The molecule has 0 N–H and O–H groups in total. The monoisotopic (exact) mass is 219 g/mol. The average molecular weight is 219 g/mol. The molecule has 0 saturated carbocycles. The van der Waals surface area contributed by atoms with Crippen molar-refractivity contribution in [2.24, 2.45) is 0 Å². The first kappa shape index (κ1) is 9.21. The maximum Gasteiger partial charge on any atom is 0.160 e. The number of rotatable bonds is 1. The number of aromatic nitrogens is 3. The molecule has 0 radical (unpaired) electrons. The quantitative estimate of drug-likeness (QED) is 0.739. The highest BCUT2D eigenvalue weighted by Gasteiger charge is 2.21. The molecule has 78 valence electrons. The Morgan fingerprint density at radius 2 is 2.47 bits per heavy atom. The van der Waals surface area contributed by atoms with Gasteiger partial charge in [-0.25, -0.2) is 9.97 Å². The second-order valence-electron chi connectivity index (χ2n) is 3.84. The van der Waals surface area contributed by atoms with Crippen LogP contribution in [0.25, 0.3) is 11.2 Å². The summed E-state index contributed by atoms with van der Waals surface area (Å²) in [6.45, 7) is 2.07. The van der Waals surface area contributed by atoms with E-state index in [2.05, 4.69) is 21.5 Å². The predicted octanol–water partition coefficient (Wildman–Crippen LogP) is 2.77. The SMILES string of the molecule is Cc1nc2cccnc2n1C1CCCS1. The van der Waals surface area contributed by atoms with Gasteiger partial charge in [0.2, 0.25) is 0 Å². The zero-order valence-corrected chi connectivity index (χ0v) is 9.50. The molecule has 3 heterocycles. The summed E-state index contributed by atoms with van der Waals surface area (Å²) < 4.78 is 2.28. The zero-order chi connectivity index (χ0) is 10.3. The number of fused-ring (bicyclic) bond motifs is 1. The van der Waals surface area contributed by atoms with Crippen LogP contribution in [0.2, 0.25) is 0 Å². The van der Waals surface area contributed by atoms with E-state index in [1.807, 2.05) is 30.1 Å². The van der Waals surface area contributed by atoms with Gasteiger partial charge in [-0.1, -0.05) is 0 Å². The lowest BCUT2D eigenvalue weighted by Crippen LogP contribution is -2.04. The van der Waals surface area contributed by atoms with Crippen LogP contribution in [0.4, 0.5) is 0 Å². The second kappa shape index (κ2) is 3.52. The van der Waals surface area contributed by atoms with Gasteiger partial charge in [-0.2, -0.15) is 0 Å². The van der Waals surface area contributed by atoms with Gasteiger partial charge in [0.1, 0.15) is 11.3 Å². The van der Waals surface area contributed by atoms with Crippen LogP contribution < -0.4 is 0 Å². The van der Waals surface area contributed by atoms with Gasteiger partial charge >= 0.3 is 0 Å². The summed E-state index contributed by atoms with van der Waals surface area (Å²) in [6.07, 6.45) is 4.40. The van der Waals surface area contributed by atoms with Crippen LogP contribution in [-0.2, 0) is 0 Å². The molecule has 4 heteroatoms. The molecule has 0 spiro atoms. The lowest BCUT2D eigenvalue weighted by atomic mass is 10.3. The van der Waals surface area contributed by atoms with Gasteiger partial charge in [-0.3, -0.25) is 0 Å². The van der Waals surface area contributed by atoms with Crippen LogP contribution in [-0.4, -0.2) is 20.3 Å². The second-order valence-corrected chi connectivity index (χ2v) is 5.13. The fourth-order valence-corrected chi connectivity index (χ4v) is 3.49. The van der Waals surface area contributed by atoms with E-state index in [0.717, 1.165) is 17.0 Å². The zero-order valence-electron chi connectivity index (χ0n) is 8.68. The topological polar surface area (TPSA) is 30.7 Å². The number of hydrogen-bond donors (Lipinski definition) is 0. The molecule has 0 aromatic carbocycles. The fourth-order valence-electron chi connectivity index (χ4n) is 2.15. The third-order valence-electron chi connectivity index (χ3n) is 2.82. The minimum atomic E-state index is 0.546. The van der Waals surface area contributed by atoms with Crippen molar-refractivity contribution in [3.8, 4) is 0 Å². The number of pyridine rings is 1. The van der Waals surface area contributed by atoms with E-state index >= 15 is 0 Å². The van der Waals surface area contributed by atoms with E-state index in [9.17, 15) is 0 Å². The summed E-state index contributed by atoms with van der Waals surface area (Å²) in [5.41, 5.74) is 2.05. The molecule has 1 aliphatic heterocycles. The van der Waals surface area contributed by atoms with Crippen molar-refractivity contribution in [1.29, 1.82) is 0 Å². The van der Waals surface area contributed by atoms with E-state index in [1.165, 1.54) is 18.6 Å². The van der Waals surface area contributed by atoms with Crippen LogP contribution in [0.5, 0.6) is 0 Å². The van der Waals surface area contributed by atoms with Crippen LogP contribution in [0.1, 0.15) is 24.0 Å². The molecular weight excluding hydrogens is 206 g/mol. The molecular formula is C11H13N3S. The van der Waals surface area contributed by atoms with Crippen LogP contribution in [0.3, 0.4) is 0 Å². The summed E-state index contributed by atoms with van der Waals surface area (Å²) in [6, 6.07) is 3.98. The van der Waals surface area contributed by atoms with Gasteiger partial charge in [-0.05, 0) is 37.7 Å². The minimum Gasteiger partial charge on any atom is -0.300 e.